The van der Waals surface area contributed by atoms with E-state index >= 15 is 0 Å². The van der Waals surface area contributed by atoms with Gasteiger partial charge in [-0.15, -0.1) is 0 Å². The summed E-state index contributed by atoms with van der Waals surface area (Å²) in [5.41, 5.74) is 3.80. The highest BCUT2D eigenvalue weighted by molar-refractivity contribution is 6.34. The second kappa shape index (κ2) is 12.5. The Morgan fingerprint density at radius 1 is 0.853 bits per heavy atom. The molecule has 0 spiro atoms. The van der Waals surface area contributed by atoms with Crippen LogP contribution in [0, 0.1) is 0 Å². The van der Waals surface area contributed by atoms with E-state index in [1.54, 1.807) is 72.8 Å². The molecule has 0 atom stereocenters. The summed E-state index contributed by atoms with van der Waals surface area (Å²) < 4.78 is 5.31. The predicted molar refractivity (Wildman–Crippen MR) is 132 cm³/mol. The largest absolute Gasteiger partial charge is 0.423 e. The van der Waals surface area contributed by atoms with E-state index < -0.39 is 5.97 Å². The zero-order valence-electron chi connectivity index (χ0n) is 18.0. The van der Waals surface area contributed by atoms with Crippen LogP contribution in [0.3, 0.4) is 0 Å². The van der Waals surface area contributed by atoms with Gasteiger partial charge in [0.2, 0.25) is 5.91 Å². The maximum Gasteiger partial charge on any atom is 0.345 e. The number of amides is 2. The molecule has 9 heteroatoms. The summed E-state index contributed by atoms with van der Waals surface area (Å²) in [5.74, 6) is -0.772. The first-order chi connectivity index (χ1) is 16.4. The number of esters is 1. The number of rotatable bonds is 9. The first kappa shape index (κ1) is 25.0. The molecule has 0 aliphatic carbocycles. The maximum atomic E-state index is 12.2. The van der Waals surface area contributed by atoms with E-state index in [0.717, 1.165) is 0 Å². The van der Waals surface area contributed by atoms with E-state index in [9.17, 15) is 14.4 Å². The molecule has 3 rings (SSSR count). The van der Waals surface area contributed by atoms with E-state index in [0.29, 0.717) is 39.9 Å². The fraction of sp³-hybridized carbons (Fsp3) is 0.120. The molecule has 0 unspecified atom stereocenters. The Balaban J connectivity index is 1.38. The van der Waals surface area contributed by atoms with Gasteiger partial charge in [-0.25, -0.2) is 10.2 Å². The van der Waals surface area contributed by atoms with Gasteiger partial charge in [0, 0.05) is 13.0 Å². The van der Waals surface area contributed by atoms with Gasteiger partial charge in [0.25, 0.3) is 5.91 Å². The second-order valence-electron chi connectivity index (χ2n) is 7.07. The van der Waals surface area contributed by atoms with Crippen molar-refractivity contribution < 1.29 is 19.1 Å². The normalized spacial score (nSPS) is 10.6. The number of nitrogens with one attached hydrogen (secondary N) is 2. The van der Waals surface area contributed by atoms with Gasteiger partial charge in [0.1, 0.15) is 5.75 Å². The van der Waals surface area contributed by atoms with Crippen LogP contribution in [0.5, 0.6) is 5.75 Å². The minimum atomic E-state index is -0.553. The Kier molecular flexibility index (Phi) is 9.20. The molecule has 2 amide bonds. The number of hydrogen-bond donors (Lipinski definition) is 2. The molecule has 0 fully saturated rings. The van der Waals surface area contributed by atoms with Crippen molar-refractivity contribution in [3.63, 3.8) is 0 Å². The van der Waals surface area contributed by atoms with Crippen molar-refractivity contribution in [1.29, 1.82) is 0 Å². The highest BCUT2D eigenvalue weighted by Gasteiger charge is 2.12. The molecular formula is C25H21Cl2N3O4. The number of nitrogens with zero attached hydrogens (tertiary/aromatic N) is 1. The highest BCUT2D eigenvalue weighted by Crippen LogP contribution is 2.19. The molecule has 174 valence electrons. The van der Waals surface area contributed by atoms with Crippen molar-refractivity contribution in [1.82, 2.24) is 10.7 Å². The summed E-state index contributed by atoms with van der Waals surface area (Å²) >= 11 is 12.0. The van der Waals surface area contributed by atoms with Crippen molar-refractivity contribution in [2.45, 2.75) is 12.8 Å². The van der Waals surface area contributed by atoms with Crippen molar-refractivity contribution in [2.75, 3.05) is 6.54 Å². The van der Waals surface area contributed by atoms with Crippen LogP contribution < -0.4 is 15.5 Å². The molecule has 0 aliphatic rings. The van der Waals surface area contributed by atoms with Gasteiger partial charge in [0.05, 0.1) is 27.4 Å². The third-order valence-electron chi connectivity index (χ3n) is 4.57. The van der Waals surface area contributed by atoms with Crippen molar-refractivity contribution >= 4 is 47.2 Å². The minimum Gasteiger partial charge on any atom is -0.423 e. The van der Waals surface area contributed by atoms with Gasteiger partial charge in [0.15, 0.2) is 0 Å². The number of ether oxygens (including phenoxy) is 1. The van der Waals surface area contributed by atoms with Crippen LogP contribution in [0.15, 0.2) is 77.9 Å². The summed E-state index contributed by atoms with van der Waals surface area (Å²) in [4.78, 5) is 36.2. The molecule has 0 aromatic heterocycles. The van der Waals surface area contributed by atoms with Crippen molar-refractivity contribution in [3.05, 3.63) is 99.5 Å². The lowest BCUT2D eigenvalue weighted by molar-refractivity contribution is -0.121. The molecule has 0 bridgehead atoms. The highest BCUT2D eigenvalue weighted by atomic mass is 35.5. The van der Waals surface area contributed by atoms with Crippen LogP contribution in [0.2, 0.25) is 10.0 Å². The predicted octanol–water partition coefficient (Wildman–Crippen LogP) is 4.87. The van der Waals surface area contributed by atoms with Crippen LogP contribution in [0.1, 0.15) is 39.1 Å². The lowest BCUT2D eigenvalue weighted by Gasteiger charge is -2.06. The Labute approximate surface area is 206 Å². The van der Waals surface area contributed by atoms with E-state index in [-0.39, 0.29) is 23.8 Å². The standard InChI is InChI=1S/C25H21Cl2N3O4/c26-21-8-3-1-6-19(21)24(32)28-15-5-10-23(31)30-29-16-17-11-13-18(14-12-17)34-25(33)20-7-2-4-9-22(20)27/h1-4,6-9,11-14,16H,5,10,15H2,(H,28,32)(H,30,31). The second-order valence-corrected chi connectivity index (χ2v) is 7.89. The molecule has 34 heavy (non-hydrogen) atoms. The topological polar surface area (TPSA) is 96.9 Å². The zero-order valence-corrected chi connectivity index (χ0v) is 19.5. The summed E-state index contributed by atoms with van der Waals surface area (Å²) in [6, 6.07) is 20.0. The first-order valence-corrected chi connectivity index (χ1v) is 11.1. The van der Waals surface area contributed by atoms with Gasteiger partial charge in [-0.05, 0) is 60.5 Å². The molecule has 0 saturated heterocycles. The third kappa shape index (κ3) is 7.43. The molecule has 0 saturated carbocycles. The number of carbonyl (C=O) groups excluding carboxylic acids is 3. The fourth-order valence-electron chi connectivity index (χ4n) is 2.84. The van der Waals surface area contributed by atoms with E-state index in [1.165, 1.54) is 6.21 Å². The molecule has 3 aromatic carbocycles. The van der Waals surface area contributed by atoms with E-state index in [4.69, 9.17) is 27.9 Å². The van der Waals surface area contributed by atoms with Gasteiger partial charge in [-0.3, -0.25) is 9.59 Å². The fourth-order valence-corrected chi connectivity index (χ4v) is 3.27. The Bertz CT molecular complexity index is 1200. The van der Waals surface area contributed by atoms with Crippen molar-refractivity contribution in [3.8, 4) is 5.75 Å². The number of benzene rings is 3. The van der Waals surface area contributed by atoms with Crippen LogP contribution in [0.4, 0.5) is 0 Å². The molecule has 3 aromatic rings. The Morgan fingerprint density at radius 2 is 1.47 bits per heavy atom. The summed E-state index contributed by atoms with van der Waals surface area (Å²) in [5, 5.41) is 7.32. The maximum absolute atomic E-state index is 12.2. The number of hydrazone groups is 1. The molecule has 7 nitrogen and oxygen atoms in total. The minimum absolute atomic E-state index is 0.192. The van der Waals surface area contributed by atoms with Gasteiger partial charge in [-0.2, -0.15) is 5.10 Å². The molecular weight excluding hydrogens is 477 g/mol. The average Bonchev–Trinajstić information content (AvgIpc) is 2.83. The van der Waals surface area contributed by atoms with Gasteiger partial charge >= 0.3 is 5.97 Å². The van der Waals surface area contributed by atoms with Crippen molar-refractivity contribution in [2.24, 2.45) is 5.10 Å². The smallest absolute Gasteiger partial charge is 0.345 e. The SMILES string of the molecule is O=C(CCCNC(=O)c1ccccc1Cl)NN=Cc1ccc(OC(=O)c2ccccc2Cl)cc1. The number of carbonyl (C=O) groups is 3. The average molecular weight is 498 g/mol. The summed E-state index contributed by atoms with van der Waals surface area (Å²) in [7, 11) is 0. The molecule has 0 aliphatic heterocycles. The lowest BCUT2D eigenvalue weighted by Crippen LogP contribution is -2.26. The van der Waals surface area contributed by atoms with Gasteiger partial charge < -0.3 is 10.1 Å². The molecule has 2 N–H and O–H groups in total. The monoisotopic (exact) mass is 497 g/mol. The van der Waals surface area contributed by atoms with Crippen LogP contribution in [-0.2, 0) is 4.79 Å². The quantitative estimate of drug-likeness (QED) is 0.145. The van der Waals surface area contributed by atoms with Gasteiger partial charge in [-0.1, -0.05) is 47.5 Å². The number of halogens is 2. The molecule has 0 radical (unpaired) electrons. The van der Waals surface area contributed by atoms with E-state index in [2.05, 4.69) is 15.8 Å². The summed E-state index contributed by atoms with van der Waals surface area (Å²) in [6.07, 6.45) is 2.11. The van der Waals surface area contributed by atoms with Crippen LogP contribution in [0.25, 0.3) is 0 Å². The Morgan fingerprint density at radius 3 is 2.12 bits per heavy atom. The lowest BCUT2D eigenvalue weighted by atomic mass is 10.2. The number of hydrogen-bond acceptors (Lipinski definition) is 5. The van der Waals surface area contributed by atoms with E-state index in [1.807, 2.05) is 0 Å². The Hall–Kier alpha value is -3.68. The zero-order chi connectivity index (χ0) is 24.3. The molecule has 0 heterocycles. The first-order valence-electron chi connectivity index (χ1n) is 10.4. The third-order valence-corrected chi connectivity index (χ3v) is 5.23. The summed E-state index contributed by atoms with van der Waals surface area (Å²) in [6.45, 7) is 0.329. The van der Waals surface area contributed by atoms with Crippen LogP contribution >= 0.6 is 23.2 Å². The van der Waals surface area contributed by atoms with Crippen LogP contribution in [-0.4, -0.2) is 30.5 Å².